The lowest BCUT2D eigenvalue weighted by Gasteiger charge is -2.16. The summed E-state index contributed by atoms with van der Waals surface area (Å²) in [5.41, 5.74) is 1.14. The maximum absolute atomic E-state index is 12.8. The first-order valence-corrected chi connectivity index (χ1v) is 6.36. The fraction of sp³-hybridized carbons (Fsp3) is 0.500. The van der Waals surface area contributed by atoms with Crippen LogP contribution in [-0.4, -0.2) is 37.5 Å². The van der Waals surface area contributed by atoms with Crippen molar-refractivity contribution in [1.82, 2.24) is 10.2 Å². The van der Waals surface area contributed by atoms with Crippen molar-refractivity contribution >= 4 is 5.91 Å². The molecule has 0 aromatic heterocycles. The summed E-state index contributed by atoms with van der Waals surface area (Å²) < 4.78 is 12.8. The number of nitrogens with one attached hydrogen (secondary N) is 1. The number of hydrogen-bond donors (Lipinski definition) is 1. The maximum Gasteiger partial charge on any atom is 0.236 e. The molecule has 18 heavy (non-hydrogen) atoms. The van der Waals surface area contributed by atoms with Crippen LogP contribution in [-0.2, 0) is 11.2 Å². The summed E-state index contributed by atoms with van der Waals surface area (Å²) in [4.78, 5) is 13.6. The second-order valence-corrected chi connectivity index (χ2v) is 4.86. The van der Waals surface area contributed by atoms with Crippen LogP contribution < -0.4 is 5.32 Å². The number of likely N-dealkylation sites (N-methyl/N-ethyl adjacent to an activating group) is 1. The fourth-order valence-electron chi connectivity index (χ4n) is 2.44. The molecule has 1 aromatic rings. The molecule has 1 heterocycles. The van der Waals surface area contributed by atoms with E-state index in [1.165, 1.54) is 12.1 Å². The summed E-state index contributed by atoms with van der Waals surface area (Å²) in [5.74, 6) is 0.464. The first-order valence-electron chi connectivity index (χ1n) is 6.36. The molecule has 0 saturated carbocycles. The van der Waals surface area contributed by atoms with Crippen molar-refractivity contribution in [3.8, 4) is 0 Å². The summed E-state index contributed by atoms with van der Waals surface area (Å²) in [7, 11) is 1.78. The number of benzene rings is 1. The Kier molecular flexibility index (Phi) is 4.31. The Morgan fingerprint density at radius 3 is 2.83 bits per heavy atom. The minimum Gasteiger partial charge on any atom is -0.341 e. The normalized spacial score (nSPS) is 19.2. The van der Waals surface area contributed by atoms with E-state index in [4.69, 9.17) is 0 Å². The number of likely N-dealkylation sites (tertiary alicyclic amines) is 1. The SMILES string of the molecule is CNCC(=O)N1CCC(Cc2ccc(F)cc2)C1. The summed E-state index contributed by atoms with van der Waals surface area (Å²) >= 11 is 0. The zero-order valence-electron chi connectivity index (χ0n) is 10.7. The maximum atomic E-state index is 12.8. The van der Waals surface area contributed by atoms with E-state index >= 15 is 0 Å². The molecular weight excluding hydrogens is 231 g/mol. The van der Waals surface area contributed by atoms with E-state index in [-0.39, 0.29) is 11.7 Å². The molecular formula is C14H19FN2O. The largest absolute Gasteiger partial charge is 0.341 e. The van der Waals surface area contributed by atoms with Gasteiger partial charge in [0.25, 0.3) is 0 Å². The van der Waals surface area contributed by atoms with Crippen molar-refractivity contribution in [1.29, 1.82) is 0 Å². The van der Waals surface area contributed by atoms with Crippen LogP contribution in [0.2, 0.25) is 0 Å². The molecule has 1 N–H and O–H groups in total. The van der Waals surface area contributed by atoms with Gasteiger partial charge in [0.1, 0.15) is 5.82 Å². The zero-order valence-corrected chi connectivity index (χ0v) is 10.7. The third-order valence-electron chi connectivity index (χ3n) is 3.40. The van der Waals surface area contributed by atoms with Gasteiger partial charge in [-0.05, 0) is 43.5 Å². The molecule has 1 atom stereocenters. The van der Waals surface area contributed by atoms with Crippen LogP contribution in [0.4, 0.5) is 4.39 Å². The Bertz CT molecular complexity index is 405. The number of carbonyl (C=O) groups excluding carboxylic acids is 1. The topological polar surface area (TPSA) is 32.3 Å². The van der Waals surface area contributed by atoms with E-state index in [1.54, 1.807) is 7.05 Å². The van der Waals surface area contributed by atoms with Crippen LogP contribution in [0.1, 0.15) is 12.0 Å². The number of carbonyl (C=O) groups is 1. The molecule has 1 aliphatic heterocycles. The van der Waals surface area contributed by atoms with Gasteiger partial charge in [0.15, 0.2) is 0 Å². The highest BCUT2D eigenvalue weighted by molar-refractivity contribution is 5.78. The lowest BCUT2D eigenvalue weighted by molar-refractivity contribution is -0.129. The van der Waals surface area contributed by atoms with Crippen LogP contribution in [0.25, 0.3) is 0 Å². The third kappa shape index (κ3) is 3.29. The average Bonchev–Trinajstić information content (AvgIpc) is 2.81. The molecule has 1 aliphatic rings. The molecule has 0 radical (unpaired) electrons. The molecule has 1 saturated heterocycles. The van der Waals surface area contributed by atoms with Gasteiger partial charge in [-0.3, -0.25) is 4.79 Å². The number of halogens is 1. The van der Waals surface area contributed by atoms with Crippen LogP contribution >= 0.6 is 0 Å². The van der Waals surface area contributed by atoms with E-state index in [9.17, 15) is 9.18 Å². The lowest BCUT2D eigenvalue weighted by Crippen LogP contribution is -2.35. The van der Waals surface area contributed by atoms with E-state index < -0.39 is 0 Å². The van der Waals surface area contributed by atoms with Crippen molar-refractivity contribution in [3.05, 3.63) is 35.6 Å². The van der Waals surface area contributed by atoms with E-state index in [0.29, 0.717) is 12.5 Å². The highest BCUT2D eigenvalue weighted by atomic mass is 19.1. The van der Waals surface area contributed by atoms with E-state index in [2.05, 4.69) is 5.32 Å². The Morgan fingerprint density at radius 2 is 2.17 bits per heavy atom. The molecule has 1 aromatic carbocycles. The Hall–Kier alpha value is -1.42. The smallest absolute Gasteiger partial charge is 0.236 e. The van der Waals surface area contributed by atoms with Gasteiger partial charge in [0.05, 0.1) is 6.54 Å². The highest BCUT2D eigenvalue weighted by Crippen LogP contribution is 2.21. The molecule has 0 bridgehead atoms. The molecule has 4 heteroatoms. The van der Waals surface area contributed by atoms with Crippen molar-refractivity contribution in [2.24, 2.45) is 5.92 Å². The number of hydrogen-bond acceptors (Lipinski definition) is 2. The molecule has 3 nitrogen and oxygen atoms in total. The van der Waals surface area contributed by atoms with Gasteiger partial charge in [0, 0.05) is 13.1 Å². The lowest BCUT2D eigenvalue weighted by atomic mass is 9.99. The number of amides is 1. The second kappa shape index (κ2) is 5.96. The summed E-state index contributed by atoms with van der Waals surface area (Å²) in [5, 5.41) is 2.88. The zero-order chi connectivity index (χ0) is 13.0. The first kappa shape index (κ1) is 13.0. The molecule has 1 fully saturated rings. The predicted octanol–water partition coefficient (Wildman–Crippen LogP) is 1.44. The van der Waals surface area contributed by atoms with Gasteiger partial charge in [-0.1, -0.05) is 12.1 Å². The Morgan fingerprint density at radius 1 is 1.44 bits per heavy atom. The van der Waals surface area contributed by atoms with Crippen molar-refractivity contribution in [3.63, 3.8) is 0 Å². The van der Waals surface area contributed by atoms with Crippen LogP contribution in [0.5, 0.6) is 0 Å². The van der Waals surface area contributed by atoms with Crippen LogP contribution in [0.15, 0.2) is 24.3 Å². The van der Waals surface area contributed by atoms with E-state index in [0.717, 1.165) is 31.5 Å². The first-order chi connectivity index (χ1) is 8.69. The summed E-state index contributed by atoms with van der Waals surface area (Å²) in [6.07, 6.45) is 1.95. The van der Waals surface area contributed by atoms with Gasteiger partial charge in [0.2, 0.25) is 5.91 Å². The Labute approximate surface area is 107 Å². The average molecular weight is 250 g/mol. The monoisotopic (exact) mass is 250 g/mol. The third-order valence-corrected chi connectivity index (χ3v) is 3.40. The van der Waals surface area contributed by atoms with E-state index in [1.807, 2.05) is 17.0 Å². The Balaban J connectivity index is 1.86. The number of nitrogens with zero attached hydrogens (tertiary/aromatic N) is 1. The predicted molar refractivity (Wildman–Crippen MR) is 68.7 cm³/mol. The molecule has 0 spiro atoms. The quantitative estimate of drug-likeness (QED) is 0.877. The molecule has 98 valence electrons. The highest BCUT2D eigenvalue weighted by Gasteiger charge is 2.25. The second-order valence-electron chi connectivity index (χ2n) is 4.86. The van der Waals surface area contributed by atoms with Gasteiger partial charge in [-0.25, -0.2) is 4.39 Å². The molecule has 1 amide bonds. The minimum atomic E-state index is -0.198. The fourth-order valence-corrected chi connectivity index (χ4v) is 2.44. The van der Waals surface area contributed by atoms with Crippen molar-refractivity contribution < 1.29 is 9.18 Å². The molecule has 2 rings (SSSR count). The minimum absolute atomic E-state index is 0.166. The molecule has 0 aliphatic carbocycles. The van der Waals surface area contributed by atoms with Gasteiger partial charge < -0.3 is 10.2 Å². The van der Waals surface area contributed by atoms with Crippen LogP contribution in [0.3, 0.4) is 0 Å². The summed E-state index contributed by atoms with van der Waals surface area (Å²) in [6.45, 7) is 2.06. The standard InChI is InChI=1S/C14H19FN2O/c1-16-9-14(18)17-7-6-12(10-17)8-11-2-4-13(15)5-3-11/h2-5,12,16H,6-10H2,1H3. The van der Waals surface area contributed by atoms with Gasteiger partial charge in [-0.2, -0.15) is 0 Å². The van der Waals surface area contributed by atoms with Crippen molar-refractivity contribution in [2.45, 2.75) is 12.8 Å². The molecule has 1 unspecified atom stereocenters. The van der Waals surface area contributed by atoms with Crippen molar-refractivity contribution in [2.75, 3.05) is 26.7 Å². The van der Waals surface area contributed by atoms with Crippen LogP contribution in [0, 0.1) is 11.7 Å². The van der Waals surface area contributed by atoms with Gasteiger partial charge >= 0.3 is 0 Å². The van der Waals surface area contributed by atoms with Gasteiger partial charge in [-0.15, -0.1) is 0 Å². The summed E-state index contributed by atoms with van der Waals surface area (Å²) in [6, 6.07) is 6.64. The number of rotatable bonds is 4.